The zero-order valence-electron chi connectivity index (χ0n) is 24.2. The van der Waals surface area contributed by atoms with E-state index in [9.17, 15) is 18.3 Å². The van der Waals surface area contributed by atoms with Crippen molar-refractivity contribution in [1.82, 2.24) is 9.88 Å². The number of aliphatic carboxylic acids is 1. The number of carbonyl (C=O) groups is 1. The van der Waals surface area contributed by atoms with Crippen molar-refractivity contribution >= 4 is 82.4 Å². The van der Waals surface area contributed by atoms with Gasteiger partial charge in [0, 0.05) is 43.5 Å². The Labute approximate surface area is 287 Å². The first-order valence-electron chi connectivity index (χ1n) is 13.5. The van der Waals surface area contributed by atoms with Gasteiger partial charge in [-0.3, -0.25) is 19.5 Å². The quantitative estimate of drug-likeness (QED) is 0.159. The second-order valence-electron chi connectivity index (χ2n) is 9.97. The van der Waals surface area contributed by atoms with Crippen LogP contribution in [0.1, 0.15) is 29.7 Å². The summed E-state index contributed by atoms with van der Waals surface area (Å²) in [6.07, 6.45) is 7.60. The van der Waals surface area contributed by atoms with E-state index in [4.69, 9.17) is 27.5 Å². The van der Waals surface area contributed by atoms with Gasteiger partial charge in [-0.05, 0) is 54.8 Å². The molecule has 1 aromatic heterocycles. The predicted molar refractivity (Wildman–Crippen MR) is 186 cm³/mol. The second kappa shape index (κ2) is 18.8. The Balaban J connectivity index is 0.00000337. The van der Waals surface area contributed by atoms with Crippen LogP contribution in [0.2, 0.25) is 5.02 Å². The molecule has 1 saturated heterocycles. The Morgan fingerprint density at radius 3 is 2.47 bits per heavy atom. The summed E-state index contributed by atoms with van der Waals surface area (Å²) in [5.41, 5.74) is 8.09. The van der Waals surface area contributed by atoms with E-state index in [-0.39, 0.29) is 66.4 Å². The number of pyridine rings is 1. The van der Waals surface area contributed by atoms with Gasteiger partial charge in [-0.25, -0.2) is 8.42 Å². The summed E-state index contributed by atoms with van der Waals surface area (Å²) < 4.78 is 33.2. The van der Waals surface area contributed by atoms with Gasteiger partial charge in [0.2, 0.25) is 10.0 Å². The van der Waals surface area contributed by atoms with Crippen molar-refractivity contribution < 1.29 is 23.1 Å². The van der Waals surface area contributed by atoms with Crippen LogP contribution in [-0.4, -0.2) is 73.2 Å². The molecule has 0 bridgehead atoms. The fourth-order valence-corrected chi connectivity index (χ4v) is 6.13. The molecule has 246 valence electrons. The zero-order chi connectivity index (χ0) is 30.1. The van der Waals surface area contributed by atoms with Gasteiger partial charge in [0.15, 0.2) is 5.75 Å². The predicted octanol–water partition coefficient (Wildman–Crippen LogP) is 5.30. The van der Waals surface area contributed by atoms with Gasteiger partial charge in [-0.1, -0.05) is 48.0 Å². The third kappa shape index (κ3) is 12.0. The zero-order valence-corrected chi connectivity index (χ0v) is 28.3. The number of ether oxygens (including phenoxy) is 1. The number of likely N-dealkylation sites (tertiary alicyclic amines) is 1. The summed E-state index contributed by atoms with van der Waals surface area (Å²) in [6, 6.07) is 17.5. The van der Waals surface area contributed by atoms with Gasteiger partial charge in [0.25, 0.3) is 0 Å². The Morgan fingerprint density at radius 1 is 1.11 bits per heavy atom. The summed E-state index contributed by atoms with van der Waals surface area (Å²) in [6.45, 7) is 2.57. The molecule has 2 heterocycles. The SMILES string of the molecule is Cl.Cl.Cl.N=C(N)c1cccc(/C=C/CN(c2ccc(OC3CCN(CCc4ccccn4)CC3)c(Cl)c2)S(=O)(=O)CC(=O)O)c1. The van der Waals surface area contributed by atoms with E-state index < -0.39 is 21.7 Å². The van der Waals surface area contributed by atoms with Gasteiger partial charge in [-0.2, -0.15) is 0 Å². The van der Waals surface area contributed by atoms with Crippen LogP contribution in [-0.2, 0) is 21.2 Å². The first-order chi connectivity index (χ1) is 20.1. The maximum Gasteiger partial charge on any atom is 0.320 e. The number of nitrogens with one attached hydrogen (secondary N) is 1. The number of carboxylic acids is 1. The summed E-state index contributed by atoms with van der Waals surface area (Å²) in [5.74, 6) is -2.18. The van der Waals surface area contributed by atoms with Crippen LogP contribution in [0, 0.1) is 5.41 Å². The number of aromatic nitrogens is 1. The minimum atomic E-state index is -4.22. The van der Waals surface area contributed by atoms with Crippen LogP contribution in [0.4, 0.5) is 5.69 Å². The lowest BCUT2D eigenvalue weighted by molar-refractivity contribution is -0.134. The third-order valence-electron chi connectivity index (χ3n) is 6.86. The first kappa shape index (κ1) is 40.0. The number of sulfonamides is 1. The molecule has 1 fully saturated rings. The first-order valence-corrected chi connectivity index (χ1v) is 15.5. The highest BCUT2D eigenvalue weighted by Crippen LogP contribution is 2.32. The molecule has 2 aromatic carbocycles. The Bertz CT molecular complexity index is 1540. The molecule has 15 heteroatoms. The van der Waals surface area contributed by atoms with Crippen LogP contribution < -0.4 is 14.8 Å². The Kier molecular flexibility index (Phi) is 16.7. The number of piperidine rings is 1. The number of anilines is 1. The smallest absolute Gasteiger partial charge is 0.320 e. The molecule has 10 nitrogen and oxygen atoms in total. The number of nitrogens with zero attached hydrogens (tertiary/aromatic N) is 3. The van der Waals surface area contributed by atoms with Crippen LogP contribution in [0.25, 0.3) is 6.08 Å². The summed E-state index contributed by atoms with van der Waals surface area (Å²) in [7, 11) is -4.22. The molecule has 0 spiro atoms. The second-order valence-corrected chi connectivity index (χ2v) is 12.3. The molecule has 0 unspecified atom stereocenters. The molecule has 0 atom stereocenters. The number of halogens is 4. The molecule has 4 N–H and O–H groups in total. The van der Waals surface area contributed by atoms with Crippen molar-refractivity contribution in [3.05, 3.63) is 94.8 Å². The highest BCUT2D eigenvalue weighted by atomic mass is 35.5. The van der Waals surface area contributed by atoms with Gasteiger partial charge in [0.1, 0.15) is 17.7 Å². The normalized spacial score (nSPS) is 13.6. The Morgan fingerprint density at radius 2 is 1.84 bits per heavy atom. The maximum absolute atomic E-state index is 13.0. The average Bonchev–Trinajstić information content (AvgIpc) is 2.96. The van der Waals surface area contributed by atoms with E-state index in [1.165, 1.54) is 6.07 Å². The lowest BCUT2D eigenvalue weighted by Gasteiger charge is -2.32. The van der Waals surface area contributed by atoms with Crippen molar-refractivity contribution in [2.45, 2.75) is 25.4 Å². The van der Waals surface area contributed by atoms with Crippen molar-refractivity contribution in [3.8, 4) is 5.75 Å². The average molecular weight is 722 g/mol. The molecule has 0 amide bonds. The van der Waals surface area contributed by atoms with Gasteiger partial charge < -0.3 is 20.5 Å². The summed E-state index contributed by atoms with van der Waals surface area (Å²) >= 11 is 6.54. The van der Waals surface area contributed by atoms with Gasteiger partial charge in [0.05, 0.1) is 17.3 Å². The molecule has 0 radical (unpaired) electrons. The number of carboxylic acid groups (broad SMARTS) is 1. The number of hydrogen-bond donors (Lipinski definition) is 3. The van der Waals surface area contributed by atoms with Crippen molar-refractivity contribution in [3.63, 3.8) is 0 Å². The highest BCUT2D eigenvalue weighted by Gasteiger charge is 2.26. The molecule has 1 aliphatic heterocycles. The van der Waals surface area contributed by atoms with Crippen molar-refractivity contribution in [2.24, 2.45) is 5.73 Å². The molecule has 4 rings (SSSR count). The topological polar surface area (TPSA) is 150 Å². The standard InChI is InChI=1S/C30H34ClN5O5S.3ClH/c31-27-20-25(9-10-28(27)41-26-12-17-35(18-13-26)16-11-24-8-1-2-14-34-24)36(42(39,40)21-29(37)38)15-4-6-22-5-3-7-23(19-22)30(32)33;;;/h1-10,14,19-20,26H,11-13,15-18,21H2,(H3,32,33)(H,37,38);3*1H/b6-4+;;;. The molecule has 45 heavy (non-hydrogen) atoms. The lowest BCUT2D eigenvalue weighted by Crippen LogP contribution is -2.39. The maximum atomic E-state index is 13.0. The third-order valence-corrected chi connectivity index (χ3v) is 8.80. The number of amidine groups is 1. The number of nitrogen functional groups attached to an aromatic ring is 1. The fourth-order valence-electron chi connectivity index (χ4n) is 4.70. The van der Waals surface area contributed by atoms with Crippen molar-refractivity contribution in [1.29, 1.82) is 5.41 Å². The number of hydrogen-bond acceptors (Lipinski definition) is 7. The van der Waals surface area contributed by atoms with Crippen LogP contribution in [0.3, 0.4) is 0 Å². The molecule has 1 aliphatic rings. The van der Waals surface area contributed by atoms with E-state index in [0.29, 0.717) is 16.9 Å². The molecular weight excluding hydrogens is 684 g/mol. The minimum Gasteiger partial charge on any atom is -0.489 e. The molecule has 3 aromatic rings. The molecule has 0 saturated carbocycles. The molecule has 0 aliphatic carbocycles. The van der Waals surface area contributed by atoms with Crippen LogP contribution in [0.15, 0.2) is 72.9 Å². The van der Waals surface area contributed by atoms with Gasteiger partial charge in [-0.15, -0.1) is 37.2 Å². The van der Waals surface area contributed by atoms with Crippen LogP contribution >= 0.6 is 48.8 Å². The Hall–Kier alpha value is -3.06. The number of benzene rings is 2. The lowest BCUT2D eigenvalue weighted by atomic mass is 10.1. The largest absolute Gasteiger partial charge is 0.489 e. The van der Waals surface area contributed by atoms with E-state index in [1.807, 2.05) is 18.2 Å². The summed E-state index contributed by atoms with van der Waals surface area (Å²) in [4.78, 5) is 18.1. The summed E-state index contributed by atoms with van der Waals surface area (Å²) in [5, 5.41) is 17.0. The van der Waals surface area contributed by atoms with E-state index >= 15 is 0 Å². The van der Waals surface area contributed by atoms with E-state index in [0.717, 1.165) is 48.9 Å². The number of rotatable bonds is 13. The fraction of sp³-hybridized carbons (Fsp3) is 0.300. The molecular formula is C30H37Cl4N5O5S. The van der Waals surface area contributed by atoms with E-state index in [2.05, 4.69) is 9.88 Å². The van der Waals surface area contributed by atoms with Crippen LogP contribution in [0.5, 0.6) is 5.75 Å². The van der Waals surface area contributed by atoms with Gasteiger partial charge >= 0.3 is 5.97 Å². The minimum absolute atomic E-state index is 0. The van der Waals surface area contributed by atoms with E-state index in [1.54, 1.807) is 54.7 Å². The highest BCUT2D eigenvalue weighted by molar-refractivity contribution is 7.93. The monoisotopic (exact) mass is 719 g/mol. The number of nitrogens with two attached hydrogens (primary N) is 1. The van der Waals surface area contributed by atoms with Crippen molar-refractivity contribution in [2.75, 3.05) is 36.2 Å².